The van der Waals surface area contributed by atoms with Gasteiger partial charge in [-0.2, -0.15) is 0 Å². The summed E-state index contributed by atoms with van der Waals surface area (Å²) in [5.74, 6) is -6.61. The second kappa shape index (κ2) is 6.69. The Morgan fingerprint density at radius 2 is 1.78 bits per heavy atom. The minimum Gasteiger partial charge on any atom is -0.317 e. The largest absolute Gasteiger partial charge is 0.317 e. The van der Waals surface area contributed by atoms with Gasteiger partial charge in [-0.1, -0.05) is 6.07 Å². The summed E-state index contributed by atoms with van der Waals surface area (Å²) in [5, 5.41) is 3.22. The van der Waals surface area contributed by atoms with E-state index in [9.17, 15) is 17.6 Å². The highest BCUT2D eigenvalue weighted by molar-refractivity contribution is 9.10. The number of nitrogens with one attached hydrogen (secondary N) is 1. The van der Waals surface area contributed by atoms with Crippen molar-refractivity contribution >= 4 is 15.9 Å². The van der Waals surface area contributed by atoms with Crippen LogP contribution in [0.15, 0.2) is 16.6 Å². The highest BCUT2D eigenvalue weighted by Crippen LogP contribution is 2.43. The fraction of sp³-hybridized carbons (Fsp3) is 0.625. The molecule has 2 aliphatic heterocycles. The lowest BCUT2D eigenvalue weighted by atomic mass is 9.84. The number of nitrogens with zero attached hydrogens (tertiary/aromatic N) is 1. The van der Waals surface area contributed by atoms with Gasteiger partial charge in [0.05, 0.1) is 16.9 Å². The van der Waals surface area contributed by atoms with Gasteiger partial charge < -0.3 is 5.32 Å². The molecule has 1 aromatic rings. The molecule has 0 aliphatic carbocycles. The van der Waals surface area contributed by atoms with E-state index in [0.29, 0.717) is 6.54 Å². The molecule has 0 spiro atoms. The fourth-order valence-corrected chi connectivity index (χ4v) is 3.95. The quantitative estimate of drug-likeness (QED) is 0.604. The Labute approximate surface area is 141 Å². The number of likely N-dealkylation sites (tertiary alicyclic amines) is 1. The lowest BCUT2D eigenvalue weighted by Gasteiger charge is -2.43. The van der Waals surface area contributed by atoms with E-state index >= 15 is 0 Å². The molecule has 2 saturated heterocycles. The molecule has 1 N–H and O–H groups in total. The Kier molecular flexibility index (Phi) is 4.99. The van der Waals surface area contributed by atoms with Crippen molar-refractivity contribution in [3.8, 4) is 0 Å². The van der Waals surface area contributed by atoms with Crippen molar-refractivity contribution in [1.82, 2.24) is 10.2 Å². The van der Waals surface area contributed by atoms with Crippen LogP contribution in [0, 0.1) is 11.6 Å². The molecular weight excluding hydrogens is 376 g/mol. The lowest BCUT2D eigenvalue weighted by molar-refractivity contribution is -0.0959. The molecule has 2 nitrogen and oxygen atoms in total. The van der Waals surface area contributed by atoms with E-state index in [4.69, 9.17) is 0 Å². The average molecular weight is 395 g/mol. The van der Waals surface area contributed by atoms with Gasteiger partial charge in [-0.05, 0) is 60.9 Å². The summed E-state index contributed by atoms with van der Waals surface area (Å²) in [4.78, 5) is 1.81. The van der Waals surface area contributed by atoms with E-state index in [1.807, 2.05) is 4.90 Å². The Hall–Kier alpha value is -0.660. The second-order valence-electron chi connectivity index (χ2n) is 6.32. The molecule has 1 atom stereocenters. The summed E-state index contributed by atoms with van der Waals surface area (Å²) >= 11 is 2.88. The lowest BCUT2D eigenvalue weighted by Crippen LogP contribution is -2.53. The highest BCUT2D eigenvalue weighted by Gasteiger charge is 2.47. The maximum Gasteiger partial charge on any atom is 0.267 e. The van der Waals surface area contributed by atoms with E-state index in [0.717, 1.165) is 25.9 Å². The van der Waals surface area contributed by atoms with E-state index in [2.05, 4.69) is 21.2 Å². The molecule has 0 bridgehead atoms. The first-order valence-electron chi connectivity index (χ1n) is 7.86. The average Bonchev–Trinajstić information content (AvgIpc) is 2.54. The summed E-state index contributed by atoms with van der Waals surface area (Å²) in [6.45, 7) is 1.77. The van der Waals surface area contributed by atoms with Crippen LogP contribution in [0.3, 0.4) is 0 Å². The number of benzene rings is 1. The normalized spacial score (nSPS) is 26.4. The minimum atomic E-state index is -3.07. The number of piperidine rings is 2. The van der Waals surface area contributed by atoms with Crippen LogP contribution in [-0.4, -0.2) is 43.0 Å². The van der Waals surface area contributed by atoms with Gasteiger partial charge in [0.2, 0.25) is 0 Å². The molecule has 1 aromatic carbocycles. The zero-order valence-corrected chi connectivity index (χ0v) is 14.2. The Bertz CT molecular complexity index is 575. The summed E-state index contributed by atoms with van der Waals surface area (Å²) in [5.41, 5.74) is -0.222. The predicted octanol–water partition coefficient (Wildman–Crippen LogP) is 3.90. The van der Waals surface area contributed by atoms with Crippen LogP contribution in [0.1, 0.15) is 30.7 Å². The third-order valence-corrected chi connectivity index (χ3v) is 5.51. The van der Waals surface area contributed by atoms with E-state index in [1.54, 1.807) is 0 Å². The van der Waals surface area contributed by atoms with Gasteiger partial charge >= 0.3 is 0 Å². The molecule has 7 heteroatoms. The third-order valence-electron chi connectivity index (χ3n) is 4.89. The van der Waals surface area contributed by atoms with Crippen molar-refractivity contribution in [3.63, 3.8) is 0 Å². The van der Waals surface area contributed by atoms with Crippen molar-refractivity contribution in [2.75, 3.05) is 26.2 Å². The first-order valence-corrected chi connectivity index (χ1v) is 8.65. The van der Waals surface area contributed by atoms with E-state index in [1.165, 1.54) is 12.1 Å². The van der Waals surface area contributed by atoms with Crippen LogP contribution >= 0.6 is 15.9 Å². The molecule has 2 aliphatic rings. The third kappa shape index (κ3) is 3.42. The molecule has 2 heterocycles. The molecule has 3 rings (SSSR count). The summed E-state index contributed by atoms with van der Waals surface area (Å²) in [6, 6.07) is 2.71. The monoisotopic (exact) mass is 394 g/mol. The summed E-state index contributed by atoms with van der Waals surface area (Å²) in [6.07, 6.45) is 1.83. The standard InChI is InChI=1S/C16H19BrF4N2/c17-13-2-1-11(14(18)15(13)19)12-5-8-23(9-16(12,20)21)10-3-6-22-7-4-10/h1-2,10,12,22H,3-9H2/t12-/m0/s1. The second-order valence-corrected chi connectivity index (χ2v) is 7.17. The first kappa shape index (κ1) is 17.2. The summed E-state index contributed by atoms with van der Waals surface area (Å²) < 4.78 is 56.9. The van der Waals surface area contributed by atoms with Crippen molar-refractivity contribution in [2.24, 2.45) is 0 Å². The molecule has 0 amide bonds. The number of halogens is 5. The van der Waals surface area contributed by atoms with Crippen molar-refractivity contribution in [2.45, 2.75) is 37.1 Å². The van der Waals surface area contributed by atoms with Crippen molar-refractivity contribution < 1.29 is 17.6 Å². The molecular formula is C16H19BrF4N2. The smallest absolute Gasteiger partial charge is 0.267 e. The summed E-state index contributed by atoms with van der Waals surface area (Å²) in [7, 11) is 0. The Balaban J connectivity index is 1.79. The molecule has 0 unspecified atom stereocenters. The van der Waals surface area contributed by atoms with Crippen molar-refractivity contribution in [3.05, 3.63) is 33.8 Å². The van der Waals surface area contributed by atoms with Crippen LogP contribution in [-0.2, 0) is 0 Å². The molecule has 2 fully saturated rings. The number of alkyl halides is 2. The molecule has 0 radical (unpaired) electrons. The fourth-order valence-electron chi connectivity index (χ4n) is 3.64. The predicted molar refractivity (Wildman–Crippen MR) is 83.8 cm³/mol. The Morgan fingerprint density at radius 3 is 2.43 bits per heavy atom. The number of hydrogen-bond donors (Lipinski definition) is 1. The van der Waals surface area contributed by atoms with E-state index in [-0.39, 0.29) is 29.0 Å². The molecule has 0 saturated carbocycles. The van der Waals surface area contributed by atoms with Gasteiger partial charge in [0.15, 0.2) is 11.6 Å². The highest BCUT2D eigenvalue weighted by atomic mass is 79.9. The minimum absolute atomic E-state index is 0.0470. The molecule has 23 heavy (non-hydrogen) atoms. The van der Waals surface area contributed by atoms with Gasteiger partial charge in [-0.25, -0.2) is 17.6 Å². The van der Waals surface area contributed by atoms with Gasteiger partial charge in [0.25, 0.3) is 5.92 Å². The number of hydrogen-bond acceptors (Lipinski definition) is 2. The van der Waals surface area contributed by atoms with Crippen LogP contribution in [0.25, 0.3) is 0 Å². The van der Waals surface area contributed by atoms with Gasteiger partial charge in [-0.15, -0.1) is 0 Å². The first-order chi connectivity index (χ1) is 10.9. The maximum absolute atomic E-state index is 14.6. The van der Waals surface area contributed by atoms with Crippen molar-refractivity contribution in [1.29, 1.82) is 0 Å². The van der Waals surface area contributed by atoms with Crippen LogP contribution < -0.4 is 5.32 Å². The van der Waals surface area contributed by atoms with Crippen LogP contribution in [0.4, 0.5) is 17.6 Å². The van der Waals surface area contributed by atoms with Gasteiger partial charge in [0.1, 0.15) is 0 Å². The van der Waals surface area contributed by atoms with Gasteiger partial charge in [-0.3, -0.25) is 4.90 Å². The zero-order chi connectivity index (χ0) is 16.6. The SMILES string of the molecule is Fc1c(Br)ccc([C@@H]2CCN(C3CCNCC3)CC2(F)F)c1F. The van der Waals surface area contributed by atoms with E-state index < -0.39 is 23.5 Å². The topological polar surface area (TPSA) is 15.3 Å². The number of rotatable bonds is 2. The zero-order valence-electron chi connectivity index (χ0n) is 12.6. The van der Waals surface area contributed by atoms with Crippen LogP contribution in [0.2, 0.25) is 0 Å². The maximum atomic E-state index is 14.6. The molecule has 0 aromatic heterocycles. The molecule has 128 valence electrons. The van der Waals surface area contributed by atoms with Gasteiger partial charge in [0, 0.05) is 11.6 Å². The van der Waals surface area contributed by atoms with Crippen LogP contribution in [0.5, 0.6) is 0 Å². The Morgan fingerprint density at radius 1 is 1.09 bits per heavy atom.